The Balaban J connectivity index is 1.72. The number of fused-ring (bicyclic) bond motifs is 1. The lowest BCUT2D eigenvalue weighted by Gasteiger charge is -2.31. The molecule has 24 heavy (non-hydrogen) atoms. The Kier molecular flexibility index (Phi) is 5.02. The fourth-order valence-electron chi connectivity index (χ4n) is 2.81. The molecule has 0 amide bonds. The number of aryl methyl sites for hydroxylation is 1. The van der Waals surface area contributed by atoms with E-state index in [9.17, 15) is 8.42 Å². The van der Waals surface area contributed by atoms with E-state index in [0.717, 1.165) is 30.0 Å². The average Bonchev–Trinajstić information content (AvgIpc) is 3.01. The van der Waals surface area contributed by atoms with Crippen molar-refractivity contribution in [1.29, 1.82) is 0 Å². The van der Waals surface area contributed by atoms with Gasteiger partial charge in [-0.05, 0) is 6.42 Å². The van der Waals surface area contributed by atoms with Gasteiger partial charge < -0.3 is 10.1 Å². The Labute approximate surface area is 141 Å². The van der Waals surface area contributed by atoms with Crippen LogP contribution in [0.5, 0.6) is 0 Å². The zero-order chi connectivity index (χ0) is 17.2. The van der Waals surface area contributed by atoms with Gasteiger partial charge in [0.05, 0.1) is 25.2 Å². The maximum Gasteiger partial charge on any atom is 0.211 e. The van der Waals surface area contributed by atoms with Crippen molar-refractivity contribution in [2.75, 3.05) is 37.8 Å². The van der Waals surface area contributed by atoms with E-state index in [0.29, 0.717) is 26.2 Å². The summed E-state index contributed by atoms with van der Waals surface area (Å²) in [7, 11) is -3.18. The molecule has 8 nitrogen and oxygen atoms in total. The summed E-state index contributed by atoms with van der Waals surface area (Å²) in [6.07, 6.45) is 4.67. The van der Waals surface area contributed by atoms with Crippen LogP contribution in [0.2, 0.25) is 0 Å². The average molecular weight is 353 g/mol. The highest BCUT2D eigenvalue weighted by Crippen LogP contribution is 2.15. The van der Waals surface area contributed by atoms with Gasteiger partial charge >= 0.3 is 0 Å². The van der Waals surface area contributed by atoms with Gasteiger partial charge in [0.15, 0.2) is 5.65 Å². The SMILES string of the molecule is CCCc1cc(NC[C@H]2CN(S(C)(=O)=O)CCO2)n2nccc2n1. The molecular weight excluding hydrogens is 330 g/mol. The molecule has 1 fully saturated rings. The number of nitrogens with zero attached hydrogens (tertiary/aromatic N) is 4. The molecule has 0 aromatic carbocycles. The van der Waals surface area contributed by atoms with E-state index < -0.39 is 10.0 Å². The molecule has 0 bridgehead atoms. The number of sulfonamides is 1. The quantitative estimate of drug-likeness (QED) is 0.825. The Morgan fingerprint density at radius 1 is 1.46 bits per heavy atom. The van der Waals surface area contributed by atoms with Crippen molar-refractivity contribution in [3.05, 3.63) is 24.0 Å². The molecule has 1 saturated heterocycles. The largest absolute Gasteiger partial charge is 0.374 e. The van der Waals surface area contributed by atoms with Crippen LogP contribution in [-0.4, -0.2) is 65.9 Å². The summed E-state index contributed by atoms with van der Waals surface area (Å²) in [4.78, 5) is 4.57. The van der Waals surface area contributed by atoms with Gasteiger partial charge in [0.1, 0.15) is 5.82 Å². The first-order chi connectivity index (χ1) is 11.5. The van der Waals surface area contributed by atoms with Crippen molar-refractivity contribution in [3.63, 3.8) is 0 Å². The van der Waals surface area contributed by atoms with Crippen LogP contribution in [0.4, 0.5) is 5.82 Å². The van der Waals surface area contributed by atoms with Gasteiger partial charge in [-0.15, -0.1) is 0 Å². The maximum absolute atomic E-state index is 11.7. The molecule has 1 aliphatic heterocycles. The normalized spacial score (nSPS) is 19.7. The van der Waals surface area contributed by atoms with Gasteiger partial charge in [-0.3, -0.25) is 0 Å². The van der Waals surface area contributed by atoms with E-state index in [2.05, 4.69) is 22.3 Å². The third-order valence-corrected chi connectivity index (χ3v) is 5.27. The van der Waals surface area contributed by atoms with Crippen LogP contribution in [0.1, 0.15) is 19.0 Å². The molecule has 1 atom stereocenters. The molecule has 1 aliphatic rings. The second-order valence-electron chi connectivity index (χ2n) is 5.98. The first-order valence-corrected chi connectivity index (χ1v) is 9.96. The second-order valence-corrected chi connectivity index (χ2v) is 7.96. The minimum atomic E-state index is -3.18. The van der Waals surface area contributed by atoms with Crippen molar-refractivity contribution in [3.8, 4) is 0 Å². The molecule has 0 spiro atoms. The van der Waals surface area contributed by atoms with E-state index in [1.165, 1.54) is 10.6 Å². The van der Waals surface area contributed by atoms with Crippen molar-refractivity contribution in [2.24, 2.45) is 0 Å². The minimum absolute atomic E-state index is 0.193. The van der Waals surface area contributed by atoms with E-state index in [-0.39, 0.29) is 6.10 Å². The number of hydrogen-bond donors (Lipinski definition) is 1. The molecule has 3 heterocycles. The monoisotopic (exact) mass is 353 g/mol. The summed E-state index contributed by atoms with van der Waals surface area (Å²) in [5, 5.41) is 7.61. The van der Waals surface area contributed by atoms with Crippen LogP contribution in [-0.2, 0) is 21.2 Å². The number of morpholine rings is 1. The van der Waals surface area contributed by atoms with E-state index in [1.807, 2.05) is 12.1 Å². The zero-order valence-corrected chi connectivity index (χ0v) is 14.8. The summed E-state index contributed by atoms with van der Waals surface area (Å²) < 4.78 is 32.3. The van der Waals surface area contributed by atoms with Crippen LogP contribution >= 0.6 is 0 Å². The maximum atomic E-state index is 11.7. The Morgan fingerprint density at radius 3 is 3.04 bits per heavy atom. The predicted molar refractivity (Wildman–Crippen MR) is 91.6 cm³/mol. The highest BCUT2D eigenvalue weighted by atomic mass is 32.2. The molecular formula is C15H23N5O3S. The zero-order valence-electron chi connectivity index (χ0n) is 14.0. The third-order valence-electron chi connectivity index (χ3n) is 4.00. The smallest absolute Gasteiger partial charge is 0.211 e. The molecule has 132 valence electrons. The fraction of sp³-hybridized carbons (Fsp3) is 0.600. The topological polar surface area (TPSA) is 88.8 Å². The van der Waals surface area contributed by atoms with E-state index in [1.54, 1.807) is 10.7 Å². The van der Waals surface area contributed by atoms with Gasteiger partial charge in [0.2, 0.25) is 10.0 Å². The molecule has 3 rings (SSSR count). The van der Waals surface area contributed by atoms with Crippen molar-refractivity contribution >= 4 is 21.5 Å². The molecule has 0 radical (unpaired) electrons. The van der Waals surface area contributed by atoms with Crippen LogP contribution in [0.3, 0.4) is 0 Å². The number of ether oxygens (including phenoxy) is 1. The predicted octanol–water partition coefficient (Wildman–Crippen LogP) is 0.754. The highest BCUT2D eigenvalue weighted by molar-refractivity contribution is 7.88. The van der Waals surface area contributed by atoms with Crippen molar-refractivity contribution < 1.29 is 13.2 Å². The lowest BCUT2D eigenvalue weighted by molar-refractivity contribution is 0.00698. The third kappa shape index (κ3) is 3.85. The lowest BCUT2D eigenvalue weighted by atomic mass is 10.2. The standard InChI is InChI=1S/C15H23N5O3S/c1-3-4-12-9-15(20-14(18-12)5-6-17-20)16-10-13-11-19(7-8-23-13)24(2,21)22/h5-6,9,13,16H,3-4,7-8,10-11H2,1-2H3/t13-/m0/s1. The van der Waals surface area contributed by atoms with Gasteiger partial charge in [-0.25, -0.2) is 13.4 Å². The molecule has 0 saturated carbocycles. The van der Waals surface area contributed by atoms with Crippen LogP contribution in [0, 0.1) is 0 Å². The number of anilines is 1. The van der Waals surface area contributed by atoms with E-state index >= 15 is 0 Å². The summed E-state index contributed by atoms with van der Waals surface area (Å²) in [5.41, 5.74) is 1.81. The number of hydrogen-bond acceptors (Lipinski definition) is 6. The fourth-order valence-corrected chi connectivity index (χ4v) is 3.65. The summed E-state index contributed by atoms with van der Waals surface area (Å²) in [6, 6.07) is 3.85. The second kappa shape index (κ2) is 7.04. The number of nitrogens with one attached hydrogen (secondary N) is 1. The van der Waals surface area contributed by atoms with Gasteiger partial charge in [-0.1, -0.05) is 13.3 Å². The van der Waals surface area contributed by atoms with Crippen LogP contribution in [0.15, 0.2) is 18.3 Å². The first-order valence-electron chi connectivity index (χ1n) is 8.11. The van der Waals surface area contributed by atoms with Crippen molar-refractivity contribution in [2.45, 2.75) is 25.9 Å². The number of aromatic nitrogens is 3. The summed E-state index contributed by atoms with van der Waals surface area (Å²) in [5.74, 6) is 0.841. The molecule has 9 heteroatoms. The Bertz CT molecular complexity index is 805. The highest BCUT2D eigenvalue weighted by Gasteiger charge is 2.26. The Hall–Kier alpha value is -1.71. The van der Waals surface area contributed by atoms with Crippen LogP contribution < -0.4 is 5.32 Å². The molecule has 1 N–H and O–H groups in total. The first kappa shape index (κ1) is 17.1. The Morgan fingerprint density at radius 2 is 2.29 bits per heavy atom. The molecule has 2 aromatic rings. The molecule has 0 aliphatic carbocycles. The lowest BCUT2D eigenvalue weighted by Crippen LogP contribution is -2.47. The van der Waals surface area contributed by atoms with Crippen LogP contribution in [0.25, 0.3) is 5.65 Å². The summed E-state index contributed by atoms with van der Waals surface area (Å²) >= 11 is 0. The minimum Gasteiger partial charge on any atom is -0.374 e. The molecule has 0 unspecified atom stereocenters. The van der Waals surface area contributed by atoms with E-state index in [4.69, 9.17) is 4.74 Å². The van der Waals surface area contributed by atoms with Gasteiger partial charge in [0.25, 0.3) is 0 Å². The van der Waals surface area contributed by atoms with Gasteiger partial charge in [-0.2, -0.15) is 13.9 Å². The molecule has 2 aromatic heterocycles. The summed E-state index contributed by atoms with van der Waals surface area (Å²) in [6.45, 7) is 3.81. The number of rotatable bonds is 6. The van der Waals surface area contributed by atoms with Gasteiger partial charge in [0, 0.05) is 37.5 Å². The van der Waals surface area contributed by atoms with Crippen molar-refractivity contribution in [1.82, 2.24) is 18.9 Å².